The Hall–Kier alpha value is 0.270. The Labute approximate surface area is 99.2 Å². The Bertz CT molecular complexity index is 186. The van der Waals surface area contributed by atoms with E-state index in [0.717, 1.165) is 11.8 Å². The van der Waals surface area contributed by atoms with Crippen LogP contribution in [-0.2, 0) is 0 Å². The molecule has 1 heterocycles. The second kappa shape index (κ2) is 6.12. The molecule has 3 heteroatoms. The normalized spacial score (nSPS) is 27.6. The molecule has 0 radical (unpaired) electrons. The predicted octanol–water partition coefficient (Wildman–Crippen LogP) is 2.06. The molecule has 1 aliphatic heterocycles. The SMILES string of the molecule is CCC(C)(CNC)CN1CCSC(C)C1. The molecule has 15 heavy (non-hydrogen) atoms. The first-order valence-corrected chi connectivity index (χ1v) is 7.13. The molecule has 90 valence electrons. The van der Waals surface area contributed by atoms with Gasteiger partial charge in [0.1, 0.15) is 0 Å². The highest BCUT2D eigenvalue weighted by atomic mass is 32.2. The van der Waals surface area contributed by atoms with Crippen LogP contribution in [0.4, 0.5) is 0 Å². The molecule has 0 amide bonds. The minimum atomic E-state index is 0.441. The van der Waals surface area contributed by atoms with E-state index >= 15 is 0 Å². The average molecular weight is 230 g/mol. The first-order valence-electron chi connectivity index (χ1n) is 6.08. The zero-order chi connectivity index (χ0) is 11.3. The Balaban J connectivity index is 2.43. The van der Waals surface area contributed by atoms with Gasteiger partial charge in [-0.3, -0.25) is 0 Å². The lowest BCUT2D eigenvalue weighted by Gasteiger charge is -2.38. The summed E-state index contributed by atoms with van der Waals surface area (Å²) in [5.41, 5.74) is 0.441. The van der Waals surface area contributed by atoms with E-state index in [2.05, 4.69) is 49.8 Å². The van der Waals surface area contributed by atoms with Gasteiger partial charge >= 0.3 is 0 Å². The van der Waals surface area contributed by atoms with Crippen molar-refractivity contribution in [1.29, 1.82) is 0 Å². The lowest BCUT2D eigenvalue weighted by molar-refractivity contribution is 0.162. The van der Waals surface area contributed by atoms with Gasteiger partial charge in [0.15, 0.2) is 0 Å². The largest absolute Gasteiger partial charge is 0.319 e. The molecule has 0 spiro atoms. The van der Waals surface area contributed by atoms with Crippen molar-refractivity contribution in [3.8, 4) is 0 Å². The number of nitrogens with zero attached hydrogens (tertiary/aromatic N) is 1. The predicted molar refractivity (Wildman–Crippen MR) is 70.7 cm³/mol. The van der Waals surface area contributed by atoms with E-state index in [1.54, 1.807) is 0 Å². The first-order chi connectivity index (χ1) is 7.09. The third kappa shape index (κ3) is 4.33. The molecule has 0 aromatic heterocycles. The molecule has 1 N–H and O–H groups in total. The lowest BCUT2D eigenvalue weighted by Crippen LogP contribution is -2.46. The molecule has 0 aliphatic carbocycles. The molecule has 0 aromatic rings. The van der Waals surface area contributed by atoms with E-state index in [4.69, 9.17) is 0 Å². The molecule has 2 nitrogen and oxygen atoms in total. The molecular weight excluding hydrogens is 204 g/mol. The Morgan fingerprint density at radius 3 is 2.80 bits per heavy atom. The Kier molecular flexibility index (Phi) is 5.44. The van der Waals surface area contributed by atoms with Crippen molar-refractivity contribution >= 4 is 11.8 Å². The van der Waals surface area contributed by atoms with Crippen LogP contribution in [0.15, 0.2) is 0 Å². The number of hydrogen-bond donors (Lipinski definition) is 1. The first kappa shape index (κ1) is 13.3. The Morgan fingerprint density at radius 2 is 2.27 bits per heavy atom. The summed E-state index contributed by atoms with van der Waals surface area (Å²) < 4.78 is 0. The van der Waals surface area contributed by atoms with E-state index in [-0.39, 0.29) is 0 Å². The summed E-state index contributed by atoms with van der Waals surface area (Å²) in [5, 5.41) is 4.14. The minimum Gasteiger partial charge on any atom is -0.319 e. The van der Waals surface area contributed by atoms with Crippen LogP contribution in [0.1, 0.15) is 27.2 Å². The molecule has 0 bridgehead atoms. The molecule has 0 saturated carbocycles. The van der Waals surface area contributed by atoms with E-state index < -0.39 is 0 Å². The van der Waals surface area contributed by atoms with Crippen molar-refractivity contribution in [2.24, 2.45) is 5.41 Å². The summed E-state index contributed by atoms with van der Waals surface area (Å²) >= 11 is 2.11. The second-order valence-corrected chi connectivity index (χ2v) is 6.66. The molecule has 1 aliphatic rings. The van der Waals surface area contributed by atoms with Crippen molar-refractivity contribution in [3.05, 3.63) is 0 Å². The fraction of sp³-hybridized carbons (Fsp3) is 1.00. The van der Waals surface area contributed by atoms with Gasteiger partial charge in [-0.25, -0.2) is 0 Å². The van der Waals surface area contributed by atoms with Crippen LogP contribution < -0.4 is 5.32 Å². The van der Waals surface area contributed by atoms with Crippen molar-refractivity contribution in [3.63, 3.8) is 0 Å². The van der Waals surface area contributed by atoms with Crippen LogP contribution in [0.2, 0.25) is 0 Å². The Morgan fingerprint density at radius 1 is 1.53 bits per heavy atom. The maximum absolute atomic E-state index is 3.33. The second-order valence-electron chi connectivity index (χ2n) is 5.11. The zero-order valence-corrected chi connectivity index (χ0v) is 11.5. The maximum atomic E-state index is 3.33. The molecule has 2 unspecified atom stereocenters. The summed E-state index contributed by atoms with van der Waals surface area (Å²) in [7, 11) is 2.06. The molecule has 1 saturated heterocycles. The smallest absolute Gasteiger partial charge is 0.0147 e. The van der Waals surface area contributed by atoms with E-state index in [0.29, 0.717) is 5.41 Å². The number of rotatable bonds is 5. The number of nitrogens with one attached hydrogen (secondary N) is 1. The van der Waals surface area contributed by atoms with Crippen molar-refractivity contribution in [2.45, 2.75) is 32.4 Å². The molecule has 1 rings (SSSR count). The monoisotopic (exact) mass is 230 g/mol. The summed E-state index contributed by atoms with van der Waals surface area (Å²) in [4.78, 5) is 2.64. The molecule has 0 aromatic carbocycles. The minimum absolute atomic E-state index is 0.441. The summed E-state index contributed by atoms with van der Waals surface area (Å²) in [6.07, 6.45) is 1.26. The summed E-state index contributed by atoms with van der Waals surface area (Å²) in [6, 6.07) is 0. The van der Waals surface area contributed by atoms with Crippen LogP contribution in [0, 0.1) is 5.41 Å². The van der Waals surface area contributed by atoms with E-state index in [1.807, 2.05) is 0 Å². The van der Waals surface area contributed by atoms with Crippen LogP contribution >= 0.6 is 11.8 Å². The van der Waals surface area contributed by atoms with E-state index in [1.165, 1.54) is 31.8 Å². The van der Waals surface area contributed by atoms with Gasteiger partial charge in [-0.05, 0) is 18.9 Å². The lowest BCUT2D eigenvalue weighted by atomic mass is 9.86. The zero-order valence-electron chi connectivity index (χ0n) is 10.7. The molecule has 1 fully saturated rings. The van der Waals surface area contributed by atoms with Crippen LogP contribution in [-0.4, -0.2) is 49.1 Å². The molecule has 2 atom stereocenters. The van der Waals surface area contributed by atoms with Crippen LogP contribution in [0.5, 0.6) is 0 Å². The van der Waals surface area contributed by atoms with Gasteiger partial charge in [-0.2, -0.15) is 11.8 Å². The van der Waals surface area contributed by atoms with Crippen molar-refractivity contribution in [1.82, 2.24) is 10.2 Å². The van der Waals surface area contributed by atoms with Crippen LogP contribution in [0.25, 0.3) is 0 Å². The third-order valence-electron chi connectivity index (χ3n) is 3.39. The number of hydrogen-bond acceptors (Lipinski definition) is 3. The highest BCUT2D eigenvalue weighted by Gasteiger charge is 2.26. The average Bonchev–Trinajstić information content (AvgIpc) is 2.18. The maximum Gasteiger partial charge on any atom is 0.0147 e. The molecular formula is C12H26N2S. The third-order valence-corrected chi connectivity index (χ3v) is 4.52. The van der Waals surface area contributed by atoms with E-state index in [9.17, 15) is 0 Å². The van der Waals surface area contributed by atoms with Crippen LogP contribution in [0.3, 0.4) is 0 Å². The van der Waals surface area contributed by atoms with Gasteiger partial charge in [0.05, 0.1) is 0 Å². The summed E-state index contributed by atoms with van der Waals surface area (Å²) in [6.45, 7) is 12.0. The quantitative estimate of drug-likeness (QED) is 0.778. The van der Waals surface area contributed by atoms with Crippen molar-refractivity contribution < 1.29 is 0 Å². The van der Waals surface area contributed by atoms with Gasteiger partial charge in [0.25, 0.3) is 0 Å². The standard InChI is InChI=1S/C12H26N2S/c1-5-12(3,9-13-4)10-14-6-7-15-11(2)8-14/h11,13H,5-10H2,1-4H3. The number of thioether (sulfide) groups is 1. The van der Waals surface area contributed by atoms with Gasteiger partial charge < -0.3 is 10.2 Å². The fourth-order valence-electron chi connectivity index (χ4n) is 2.29. The van der Waals surface area contributed by atoms with Gasteiger partial charge in [0.2, 0.25) is 0 Å². The highest BCUT2D eigenvalue weighted by Crippen LogP contribution is 2.25. The van der Waals surface area contributed by atoms with Gasteiger partial charge in [0, 0.05) is 37.2 Å². The van der Waals surface area contributed by atoms with Gasteiger partial charge in [-0.1, -0.05) is 20.8 Å². The topological polar surface area (TPSA) is 15.3 Å². The fourth-order valence-corrected chi connectivity index (χ4v) is 3.38. The van der Waals surface area contributed by atoms with Gasteiger partial charge in [-0.15, -0.1) is 0 Å². The summed E-state index contributed by atoms with van der Waals surface area (Å²) in [5.74, 6) is 1.31. The van der Waals surface area contributed by atoms with Crippen molar-refractivity contribution in [2.75, 3.05) is 39.0 Å². The highest BCUT2D eigenvalue weighted by molar-refractivity contribution is 7.99.